The molecule has 1 aliphatic carbocycles. The van der Waals surface area contributed by atoms with Gasteiger partial charge in [0.1, 0.15) is 5.82 Å². The second-order valence-corrected chi connectivity index (χ2v) is 7.14. The van der Waals surface area contributed by atoms with Gasteiger partial charge in [0.15, 0.2) is 0 Å². The van der Waals surface area contributed by atoms with E-state index in [2.05, 4.69) is 9.97 Å². The fraction of sp³-hybridized carbons (Fsp3) is 0.450. The standard InChI is InChI=1S/C20H26N4O3/c1-24(18-9-10-22-20(27)23-18)14-7-8-15(16(11-14)19(21)26)17(12-25)13-5-3-2-4-6-13/h7-11,13,17,25H,2-6,12H2,1H3,(H2,21,26)(H,22,23,27)/t17-/m0/s1. The number of aliphatic hydroxyl groups excluding tert-OH is 1. The summed E-state index contributed by atoms with van der Waals surface area (Å²) < 4.78 is 0. The van der Waals surface area contributed by atoms with Crippen molar-refractivity contribution < 1.29 is 9.90 Å². The first-order valence-electron chi connectivity index (χ1n) is 9.35. The van der Waals surface area contributed by atoms with Gasteiger partial charge in [-0.05, 0) is 42.5 Å². The number of carbonyl (C=O) groups is 1. The molecule has 1 saturated carbocycles. The number of benzene rings is 1. The topological polar surface area (TPSA) is 112 Å². The number of aliphatic hydroxyl groups is 1. The van der Waals surface area contributed by atoms with E-state index < -0.39 is 11.6 Å². The van der Waals surface area contributed by atoms with Crippen molar-refractivity contribution in [2.75, 3.05) is 18.6 Å². The van der Waals surface area contributed by atoms with Crippen LogP contribution in [0.3, 0.4) is 0 Å². The van der Waals surface area contributed by atoms with Gasteiger partial charge in [-0.2, -0.15) is 0 Å². The van der Waals surface area contributed by atoms with Gasteiger partial charge in [-0.25, -0.2) is 9.78 Å². The zero-order valence-electron chi connectivity index (χ0n) is 15.5. The molecule has 7 nitrogen and oxygen atoms in total. The number of nitrogens with one attached hydrogen (secondary N) is 1. The summed E-state index contributed by atoms with van der Waals surface area (Å²) in [6, 6.07) is 7.16. The number of anilines is 2. The van der Waals surface area contributed by atoms with Gasteiger partial charge in [-0.1, -0.05) is 25.3 Å². The maximum absolute atomic E-state index is 12.1. The molecule has 1 atom stereocenters. The fourth-order valence-corrected chi connectivity index (χ4v) is 4.02. The summed E-state index contributed by atoms with van der Waals surface area (Å²) in [5, 5.41) is 10.0. The molecule has 0 radical (unpaired) electrons. The number of hydrogen-bond donors (Lipinski definition) is 3. The lowest BCUT2D eigenvalue weighted by molar-refractivity contribution is 0.0997. The number of hydrogen-bond acceptors (Lipinski definition) is 5. The fourth-order valence-electron chi connectivity index (χ4n) is 4.02. The molecule has 0 aliphatic heterocycles. The Morgan fingerprint density at radius 3 is 2.70 bits per heavy atom. The Morgan fingerprint density at radius 1 is 1.33 bits per heavy atom. The minimum Gasteiger partial charge on any atom is -0.396 e. The van der Waals surface area contributed by atoms with Gasteiger partial charge in [-0.3, -0.25) is 9.78 Å². The highest BCUT2D eigenvalue weighted by molar-refractivity contribution is 5.95. The Hall–Kier alpha value is -2.67. The average Bonchev–Trinajstić information content (AvgIpc) is 2.69. The molecule has 1 aromatic heterocycles. The molecule has 3 rings (SSSR count). The van der Waals surface area contributed by atoms with Crippen LogP contribution in [0, 0.1) is 5.92 Å². The molecule has 0 unspecified atom stereocenters. The number of nitrogens with zero attached hydrogens (tertiary/aromatic N) is 2. The summed E-state index contributed by atoms with van der Waals surface area (Å²) in [6.07, 6.45) is 7.09. The smallest absolute Gasteiger partial charge is 0.346 e. The first kappa shape index (κ1) is 19.1. The van der Waals surface area contributed by atoms with Gasteiger partial charge in [0.25, 0.3) is 0 Å². The molecular weight excluding hydrogens is 344 g/mol. The van der Waals surface area contributed by atoms with Crippen LogP contribution < -0.4 is 16.3 Å². The Kier molecular flexibility index (Phi) is 5.91. The Morgan fingerprint density at radius 2 is 2.07 bits per heavy atom. The van der Waals surface area contributed by atoms with Crippen LogP contribution in [0.1, 0.15) is 53.9 Å². The van der Waals surface area contributed by atoms with E-state index in [4.69, 9.17) is 5.73 Å². The molecular formula is C20H26N4O3. The summed E-state index contributed by atoms with van der Waals surface area (Å²) in [5.41, 5.74) is 7.16. The van der Waals surface area contributed by atoms with E-state index >= 15 is 0 Å². The minimum absolute atomic E-state index is 0.00218. The molecule has 1 aliphatic rings. The summed E-state index contributed by atoms with van der Waals surface area (Å²) in [6.45, 7) is -0.00218. The number of amides is 1. The molecule has 1 amide bonds. The van der Waals surface area contributed by atoms with Crippen molar-refractivity contribution in [2.24, 2.45) is 11.7 Å². The largest absolute Gasteiger partial charge is 0.396 e. The van der Waals surface area contributed by atoms with Gasteiger partial charge < -0.3 is 15.7 Å². The third-order valence-corrected chi connectivity index (χ3v) is 5.53. The quantitative estimate of drug-likeness (QED) is 0.722. The van der Waals surface area contributed by atoms with Crippen molar-refractivity contribution >= 4 is 17.4 Å². The Bertz CT molecular complexity index is 858. The molecule has 0 bridgehead atoms. The van der Waals surface area contributed by atoms with Gasteiger partial charge in [0, 0.05) is 30.4 Å². The van der Waals surface area contributed by atoms with Crippen molar-refractivity contribution in [1.82, 2.24) is 9.97 Å². The third-order valence-electron chi connectivity index (χ3n) is 5.53. The number of rotatable bonds is 6. The lowest BCUT2D eigenvalue weighted by Gasteiger charge is -2.31. The van der Waals surface area contributed by atoms with Crippen LogP contribution in [0.25, 0.3) is 0 Å². The van der Waals surface area contributed by atoms with Crippen molar-refractivity contribution in [1.29, 1.82) is 0 Å². The predicted octanol–water partition coefficient (Wildman–Crippen LogP) is 2.29. The Labute approximate surface area is 158 Å². The highest BCUT2D eigenvalue weighted by atomic mass is 16.3. The number of primary amides is 1. The van der Waals surface area contributed by atoms with Crippen molar-refractivity contribution in [2.45, 2.75) is 38.0 Å². The normalized spacial score (nSPS) is 16.1. The highest BCUT2D eigenvalue weighted by Crippen LogP contribution is 2.38. The average molecular weight is 370 g/mol. The van der Waals surface area contributed by atoms with E-state index in [0.29, 0.717) is 17.3 Å². The summed E-state index contributed by atoms with van der Waals surface area (Å²) >= 11 is 0. The first-order chi connectivity index (χ1) is 13.0. The maximum Gasteiger partial charge on any atom is 0.346 e. The van der Waals surface area contributed by atoms with E-state index in [1.54, 1.807) is 24.1 Å². The summed E-state index contributed by atoms with van der Waals surface area (Å²) in [4.78, 5) is 31.6. The van der Waals surface area contributed by atoms with Crippen LogP contribution in [0.5, 0.6) is 0 Å². The highest BCUT2D eigenvalue weighted by Gasteiger charge is 2.28. The molecule has 1 aromatic carbocycles. The zero-order chi connectivity index (χ0) is 19.4. The lowest BCUT2D eigenvalue weighted by atomic mass is 9.76. The monoisotopic (exact) mass is 370 g/mol. The maximum atomic E-state index is 12.1. The van der Waals surface area contributed by atoms with E-state index in [9.17, 15) is 14.7 Å². The van der Waals surface area contributed by atoms with Gasteiger partial charge in [-0.15, -0.1) is 0 Å². The van der Waals surface area contributed by atoms with Gasteiger partial charge in [0.2, 0.25) is 5.91 Å². The molecule has 7 heteroatoms. The zero-order valence-corrected chi connectivity index (χ0v) is 15.5. The third kappa shape index (κ3) is 4.19. The molecule has 1 fully saturated rings. The van der Waals surface area contributed by atoms with Gasteiger partial charge >= 0.3 is 5.69 Å². The second kappa shape index (κ2) is 8.35. The molecule has 4 N–H and O–H groups in total. The SMILES string of the molecule is CN(c1ccc([C@@H](CO)C2CCCCC2)c(C(N)=O)c1)c1ccnc(=O)[nH]1. The van der Waals surface area contributed by atoms with Crippen LogP contribution >= 0.6 is 0 Å². The molecule has 0 spiro atoms. The number of aromatic amines is 1. The number of aromatic nitrogens is 2. The number of H-pyrrole nitrogens is 1. The Balaban J connectivity index is 1.97. The van der Waals surface area contributed by atoms with E-state index in [0.717, 1.165) is 36.9 Å². The second-order valence-electron chi connectivity index (χ2n) is 7.14. The molecule has 2 aromatic rings. The lowest BCUT2D eigenvalue weighted by Crippen LogP contribution is -2.24. The minimum atomic E-state index is -0.516. The predicted molar refractivity (Wildman–Crippen MR) is 104 cm³/mol. The van der Waals surface area contributed by atoms with Crippen molar-refractivity contribution in [3.05, 3.63) is 52.1 Å². The van der Waals surface area contributed by atoms with Crippen LogP contribution in [0.4, 0.5) is 11.5 Å². The summed E-state index contributed by atoms with van der Waals surface area (Å²) in [7, 11) is 1.79. The number of nitrogens with two attached hydrogens (primary N) is 1. The number of carbonyl (C=O) groups excluding carboxylic acids is 1. The van der Waals surface area contributed by atoms with Crippen LogP contribution in [0.2, 0.25) is 0 Å². The molecule has 27 heavy (non-hydrogen) atoms. The first-order valence-corrected chi connectivity index (χ1v) is 9.35. The summed E-state index contributed by atoms with van der Waals surface area (Å²) in [5.74, 6) is 0.316. The van der Waals surface area contributed by atoms with Crippen LogP contribution in [-0.2, 0) is 0 Å². The van der Waals surface area contributed by atoms with Crippen molar-refractivity contribution in [3.63, 3.8) is 0 Å². The van der Waals surface area contributed by atoms with E-state index in [1.165, 1.54) is 12.6 Å². The van der Waals surface area contributed by atoms with Crippen LogP contribution in [0.15, 0.2) is 35.3 Å². The van der Waals surface area contributed by atoms with Gasteiger partial charge in [0.05, 0.1) is 6.61 Å². The van der Waals surface area contributed by atoms with E-state index in [-0.39, 0.29) is 12.5 Å². The molecule has 144 valence electrons. The molecule has 1 heterocycles. The van der Waals surface area contributed by atoms with Crippen LogP contribution in [-0.4, -0.2) is 34.6 Å². The van der Waals surface area contributed by atoms with Crippen molar-refractivity contribution in [3.8, 4) is 0 Å². The molecule has 0 saturated heterocycles. The van der Waals surface area contributed by atoms with E-state index in [1.807, 2.05) is 12.1 Å².